The predicted octanol–water partition coefficient (Wildman–Crippen LogP) is 3.73. The van der Waals surface area contributed by atoms with Crippen LogP contribution in [-0.4, -0.2) is 42.4 Å². The summed E-state index contributed by atoms with van der Waals surface area (Å²) in [4.78, 5) is 14.4. The van der Waals surface area contributed by atoms with Gasteiger partial charge in [-0.3, -0.25) is 4.79 Å². The fraction of sp³-hybridized carbons (Fsp3) is 0.650. The number of benzene rings is 1. The molecule has 0 amide bonds. The maximum atomic E-state index is 12.1. The predicted molar refractivity (Wildman–Crippen MR) is 96.2 cm³/mol. The van der Waals surface area contributed by atoms with Crippen molar-refractivity contribution in [3.63, 3.8) is 0 Å². The average Bonchev–Trinajstić information content (AvgIpc) is 3.11. The van der Waals surface area contributed by atoms with Gasteiger partial charge in [-0.2, -0.15) is 0 Å². The molecule has 1 saturated heterocycles. The number of fused-ring (bicyclic) bond motifs is 1. The summed E-state index contributed by atoms with van der Waals surface area (Å²) >= 11 is 0. The van der Waals surface area contributed by atoms with E-state index in [1.165, 1.54) is 0 Å². The highest BCUT2D eigenvalue weighted by atomic mass is 16.7. The van der Waals surface area contributed by atoms with Gasteiger partial charge in [0.1, 0.15) is 0 Å². The van der Waals surface area contributed by atoms with Crippen molar-refractivity contribution in [1.82, 2.24) is 4.90 Å². The normalized spacial score (nSPS) is 26.2. The van der Waals surface area contributed by atoms with Gasteiger partial charge in [-0.25, -0.2) is 0 Å². The van der Waals surface area contributed by atoms with Crippen LogP contribution in [-0.2, 0) is 4.79 Å². The Morgan fingerprint density at radius 2 is 2.04 bits per heavy atom. The minimum atomic E-state index is -0.704. The first-order chi connectivity index (χ1) is 11.8. The molecule has 0 aromatic heterocycles. The molecule has 1 aromatic carbocycles. The molecule has 3 atom stereocenters. The Bertz CT molecular complexity index is 643. The SMILES string of the molecule is CCCC(C)(C)CC1C(C(=O)O)C(c2ccc3c(c2)OCO3)CN1C. The molecule has 138 valence electrons. The van der Waals surface area contributed by atoms with Gasteiger partial charge in [0.25, 0.3) is 0 Å². The standard InChI is InChI=1S/C20H29NO4/c1-5-8-20(2,3)10-15-18(19(22)23)14(11-21(15)4)13-6-7-16-17(9-13)25-12-24-16/h6-7,9,14-15,18H,5,8,10-12H2,1-4H3,(H,22,23). The lowest BCUT2D eigenvalue weighted by atomic mass is 9.76. The molecular formula is C20H29NO4. The molecule has 2 aliphatic heterocycles. The molecule has 1 N–H and O–H groups in total. The maximum Gasteiger partial charge on any atom is 0.308 e. The number of hydrogen-bond donors (Lipinski definition) is 1. The first kappa shape index (κ1) is 18.1. The molecule has 2 aliphatic rings. The summed E-state index contributed by atoms with van der Waals surface area (Å²) in [6, 6.07) is 5.89. The average molecular weight is 347 g/mol. The number of nitrogens with zero attached hydrogens (tertiary/aromatic N) is 1. The number of likely N-dealkylation sites (tertiary alicyclic amines) is 1. The monoisotopic (exact) mass is 347 g/mol. The van der Waals surface area contributed by atoms with E-state index in [0.717, 1.165) is 42.9 Å². The number of rotatable bonds is 6. The molecule has 1 aromatic rings. The molecule has 0 saturated carbocycles. The van der Waals surface area contributed by atoms with Crippen molar-refractivity contribution < 1.29 is 19.4 Å². The highest BCUT2D eigenvalue weighted by Gasteiger charge is 2.46. The summed E-state index contributed by atoms with van der Waals surface area (Å²) < 4.78 is 10.9. The molecule has 2 heterocycles. The Morgan fingerprint density at radius 1 is 1.32 bits per heavy atom. The van der Waals surface area contributed by atoms with Crippen molar-refractivity contribution in [1.29, 1.82) is 0 Å². The molecule has 25 heavy (non-hydrogen) atoms. The first-order valence-corrected chi connectivity index (χ1v) is 9.15. The van der Waals surface area contributed by atoms with Gasteiger partial charge in [-0.05, 0) is 43.0 Å². The molecule has 0 spiro atoms. The molecule has 5 heteroatoms. The molecule has 5 nitrogen and oxygen atoms in total. The number of carboxylic acid groups (broad SMARTS) is 1. The van der Waals surface area contributed by atoms with Gasteiger partial charge in [-0.15, -0.1) is 0 Å². The largest absolute Gasteiger partial charge is 0.481 e. The summed E-state index contributed by atoms with van der Waals surface area (Å²) in [7, 11) is 2.05. The summed E-state index contributed by atoms with van der Waals surface area (Å²) in [5.74, 6) is 0.326. The van der Waals surface area contributed by atoms with E-state index in [-0.39, 0.29) is 24.2 Å². The third-order valence-electron chi connectivity index (χ3n) is 5.70. The van der Waals surface area contributed by atoms with E-state index in [2.05, 4.69) is 32.7 Å². The van der Waals surface area contributed by atoms with Crippen molar-refractivity contribution in [3.05, 3.63) is 23.8 Å². The highest BCUT2D eigenvalue weighted by Crippen LogP contribution is 2.44. The third-order valence-corrected chi connectivity index (χ3v) is 5.70. The van der Waals surface area contributed by atoms with Crippen LogP contribution >= 0.6 is 0 Å². The van der Waals surface area contributed by atoms with Crippen LogP contribution in [0.5, 0.6) is 11.5 Å². The first-order valence-electron chi connectivity index (χ1n) is 9.15. The number of hydrogen-bond acceptors (Lipinski definition) is 4. The van der Waals surface area contributed by atoms with Crippen LogP contribution in [0.1, 0.15) is 51.5 Å². The van der Waals surface area contributed by atoms with Gasteiger partial charge >= 0.3 is 5.97 Å². The van der Waals surface area contributed by atoms with E-state index in [1.54, 1.807) is 0 Å². The Kier molecular flexibility index (Phi) is 4.96. The minimum absolute atomic E-state index is 0.0283. The lowest BCUT2D eigenvalue weighted by molar-refractivity contribution is -0.143. The second-order valence-corrected chi connectivity index (χ2v) is 8.21. The fourth-order valence-corrected chi connectivity index (χ4v) is 4.52. The Morgan fingerprint density at radius 3 is 2.72 bits per heavy atom. The maximum absolute atomic E-state index is 12.1. The Hall–Kier alpha value is -1.75. The molecule has 0 radical (unpaired) electrons. The second-order valence-electron chi connectivity index (χ2n) is 8.21. The molecule has 3 rings (SSSR count). The van der Waals surface area contributed by atoms with Crippen molar-refractivity contribution in [2.75, 3.05) is 20.4 Å². The summed E-state index contributed by atoms with van der Waals surface area (Å²) in [5, 5.41) is 9.97. The van der Waals surface area contributed by atoms with Crippen molar-refractivity contribution in [2.24, 2.45) is 11.3 Å². The molecule has 0 aliphatic carbocycles. The summed E-state index contributed by atoms with van der Waals surface area (Å²) in [6.07, 6.45) is 3.13. The number of aliphatic carboxylic acids is 1. The zero-order valence-electron chi connectivity index (χ0n) is 15.6. The van der Waals surface area contributed by atoms with Crippen LogP contribution in [0.3, 0.4) is 0 Å². The van der Waals surface area contributed by atoms with Crippen molar-refractivity contribution in [3.8, 4) is 11.5 Å². The minimum Gasteiger partial charge on any atom is -0.481 e. The summed E-state index contributed by atoms with van der Waals surface area (Å²) in [6.45, 7) is 7.67. The van der Waals surface area contributed by atoms with E-state index in [4.69, 9.17) is 9.47 Å². The van der Waals surface area contributed by atoms with E-state index in [0.29, 0.717) is 0 Å². The molecule has 0 bridgehead atoms. The van der Waals surface area contributed by atoms with Crippen LogP contribution in [0, 0.1) is 11.3 Å². The van der Waals surface area contributed by atoms with Gasteiger partial charge in [0.05, 0.1) is 5.92 Å². The number of likely N-dealkylation sites (N-methyl/N-ethyl adjacent to an activating group) is 1. The van der Waals surface area contributed by atoms with E-state index in [9.17, 15) is 9.90 Å². The summed E-state index contributed by atoms with van der Waals surface area (Å²) in [5.41, 5.74) is 1.17. The van der Waals surface area contributed by atoms with Gasteiger partial charge in [0.15, 0.2) is 11.5 Å². The van der Waals surface area contributed by atoms with E-state index < -0.39 is 11.9 Å². The zero-order valence-corrected chi connectivity index (χ0v) is 15.6. The van der Waals surface area contributed by atoms with Crippen LogP contribution in [0.25, 0.3) is 0 Å². The van der Waals surface area contributed by atoms with E-state index >= 15 is 0 Å². The Labute approximate surface area is 149 Å². The zero-order chi connectivity index (χ0) is 18.2. The highest BCUT2D eigenvalue weighted by molar-refractivity contribution is 5.73. The van der Waals surface area contributed by atoms with Crippen LogP contribution < -0.4 is 9.47 Å². The number of carboxylic acids is 1. The lowest BCUT2D eigenvalue weighted by Crippen LogP contribution is -2.37. The molecular weight excluding hydrogens is 318 g/mol. The van der Waals surface area contributed by atoms with Gasteiger partial charge < -0.3 is 19.5 Å². The van der Waals surface area contributed by atoms with Crippen LogP contribution in [0.2, 0.25) is 0 Å². The fourth-order valence-electron chi connectivity index (χ4n) is 4.52. The topological polar surface area (TPSA) is 59.0 Å². The Balaban J connectivity index is 1.86. The molecule has 1 fully saturated rings. The van der Waals surface area contributed by atoms with Crippen molar-refractivity contribution >= 4 is 5.97 Å². The lowest BCUT2D eigenvalue weighted by Gasteiger charge is -2.33. The van der Waals surface area contributed by atoms with Crippen LogP contribution in [0.4, 0.5) is 0 Å². The second kappa shape index (κ2) is 6.87. The third kappa shape index (κ3) is 3.61. The van der Waals surface area contributed by atoms with Gasteiger partial charge in [-0.1, -0.05) is 33.3 Å². The van der Waals surface area contributed by atoms with Gasteiger partial charge in [0.2, 0.25) is 6.79 Å². The van der Waals surface area contributed by atoms with Crippen LogP contribution in [0.15, 0.2) is 18.2 Å². The van der Waals surface area contributed by atoms with Crippen molar-refractivity contribution in [2.45, 2.75) is 52.0 Å². The number of ether oxygens (including phenoxy) is 2. The van der Waals surface area contributed by atoms with E-state index in [1.807, 2.05) is 18.2 Å². The quantitative estimate of drug-likeness (QED) is 0.850. The smallest absolute Gasteiger partial charge is 0.308 e. The van der Waals surface area contributed by atoms with Gasteiger partial charge in [0, 0.05) is 18.5 Å². The number of carbonyl (C=O) groups is 1. The molecule has 3 unspecified atom stereocenters.